The third-order valence-electron chi connectivity index (χ3n) is 2.88. The molecule has 0 unspecified atom stereocenters. The van der Waals surface area contributed by atoms with Crippen LogP contribution in [0.1, 0.15) is 11.3 Å². The fraction of sp³-hybridized carbons (Fsp3) is 0.133. The van der Waals surface area contributed by atoms with Gasteiger partial charge < -0.3 is 9.51 Å². The first-order chi connectivity index (χ1) is 9.35. The molecule has 0 saturated heterocycles. The first kappa shape index (κ1) is 12.3. The van der Waals surface area contributed by atoms with E-state index in [2.05, 4.69) is 17.2 Å². The van der Waals surface area contributed by atoms with Crippen LogP contribution in [-0.4, -0.2) is 14.5 Å². The third kappa shape index (κ3) is 2.80. The van der Waals surface area contributed by atoms with Crippen molar-refractivity contribution in [1.29, 1.82) is 0 Å². The van der Waals surface area contributed by atoms with Crippen molar-refractivity contribution in [2.24, 2.45) is 0 Å². The zero-order valence-electron chi connectivity index (χ0n) is 10.4. The summed E-state index contributed by atoms with van der Waals surface area (Å²) < 4.78 is 2.03. The number of aliphatic hydroxyl groups is 1. The second-order valence-corrected chi connectivity index (χ2v) is 5.34. The zero-order valence-corrected chi connectivity index (χ0v) is 11.2. The highest BCUT2D eigenvalue weighted by Crippen LogP contribution is 2.23. The molecule has 3 rings (SSSR count). The lowest BCUT2D eigenvalue weighted by Gasteiger charge is -2.01. The largest absolute Gasteiger partial charge is 0.392 e. The number of thioether (sulfide) groups is 1. The molecule has 4 heteroatoms. The highest BCUT2D eigenvalue weighted by molar-refractivity contribution is 7.98. The number of rotatable bonds is 4. The molecule has 0 radical (unpaired) electrons. The molecule has 1 N–H and O–H groups in total. The molecule has 2 aromatic heterocycles. The molecule has 1 aromatic carbocycles. The van der Waals surface area contributed by atoms with E-state index in [0.29, 0.717) is 0 Å². The van der Waals surface area contributed by atoms with E-state index in [-0.39, 0.29) is 6.61 Å². The van der Waals surface area contributed by atoms with Gasteiger partial charge in [-0.3, -0.25) is 0 Å². The van der Waals surface area contributed by atoms with E-state index in [1.54, 1.807) is 11.8 Å². The van der Waals surface area contributed by atoms with E-state index in [4.69, 9.17) is 5.11 Å². The number of nitrogens with zero attached hydrogens (tertiary/aromatic N) is 2. The first-order valence-corrected chi connectivity index (χ1v) is 7.09. The van der Waals surface area contributed by atoms with Gasteiger partial charge in [0.25, 0.3) is 0 Å². The maximum atomic E-state index is 9.12. The van der Waals surface area contributed by atoms with Gasteiger partial charge in [-0.2, -0.15) is 0 Å². The summed E-state index contributed by atoms with van der Waals surface area (Å²) in [4.78, 5) is 5.72. The van der Waals surface area contributed by atoms with Gasteiger partial charge in [0, 0.05) is 23.0 Å². The normalized spacial score (nSPS) is 11.0. The van der Waals surface area contributed by atoms with Gasteiger partial charge in [-0.05, 0) is 29.8 Å². The standard InChI is InChI=1S/C15H14N2OS/c18-10-12-4-3-5-14(8-12)19-11-13-9-17-7-2-1-6-15(17)16-13/h1-9,18H,10-11H2. The van der Waals surface area contributed by atoms with Crippen molar-refractivity contribution in [2.45, 2.75) is 17.3 Å². The molecule has 0 amide bonds. The maximum absolute atomic E-state index is 9.12. The first-order valence-electron chi connectivity index (χ1n) is 6.10. The van der Waals surface area contributed by atoms with E-state index in [1.165, 1.54) is 0 Å². The molecule has 0 aliphatic carbocycles. The minimum absolute atomic E-state index is 0.0861. The molecule has 3 nitrogen and oxygen atoms in total. The quantitative estimate of drug-likeness (QED) is 0.740. The summed E-state index contributed by atoms with van der Waals surface area (Å²) in [6.07, 6.45) is 4.06. The molecule has 19 heavy (non-hydrogen) atoms. The molecule has 0 saturated carbocycles. The van der Waals surface area contributed by atoms with Crippen molar-refractivity contribution in [1.82, 2.24) is 9.38 Å². The Kier molecular flexibility index (Phi) is 3.53. The number of hydrogen-bond donors (Lipinski definition) is 1. The van der Waals surface area contributed by atoms with Crippen LogP contribution in [0.2, 0.25) is 0 Å². The summed E-state index contributed by atoms with van der Waals surface area (Å²) >= 11 is 1.73. The summed E-state index contributed by atoms with van der Waals surface area (Å²) in [7, 11) is 0. The van der Waals surface area contributed by atoms with Crippen LogP contribution < -0.4 is 0 Å². The van der Waals surface area contributed by atoms with Gasteiger partial charge >= 0.3 is 0 Å². The van der Waals surface area contributed by atoms with Crippen LogP contribution in [0.25, 0.3) is 5.65 Å². The van der Waals surface area contributed by atoms with Crippen molar-refractivity contribution in [2.75, 3.05) is 0 Å². The fourth-order valence-electron chi connectivity index (χ4n) is 1.95. The summed E-state index contributed by atoms with van der Waals surface area (Å²) in [5.74, 6) is 0.830. The molecule has 96 valence electrons. The summed E-state index contributed by atoms with van der Waals surface area (Å²) in [5.41, 5.74) is 2.98. The highest BCUT2D eigenvalue weighted by atomic mass is 32.2. The molecule has 2 heterocycles. The number of imidazole rings is 1. The summed E-state index contributed by atoms with van der Waals surface area (Å²) in [6, 6.07) is 14.0. The van der Waals surface area contributed by atoms with Gasteiger partial charge in [0.15, 0.2) is 0 Å². The van der Waals surface area contributed by atoms with Crippen molar-refractivity contribution < 1.29 is 5.11 Å². The summed E-state index contributed by atoms with van der Waals surface area (Å²) in [5, 5.41) is 9.12. The van der Waals surface area contributed by atoms with Crippen LogP contribution in [0.4, 0.5) is 0 Å². The molecule has 0 atom stereocenters. The second-order valence-electron chi connectivity index (χ2n) is 4.29. The third-order valence-corrected chi connectivity index (χ3v) is 3.91. The van der Waals surface area contributed by atoms with Crippen molar-refractivity contribution in [3.63, 3.8) is 0 Å². The van der Waals surface area contributed by atoms with Crippen LogP contribution in [0.15, 0.2) is 59.8 Å². The topological polar surface area (TPSA) is 37.5 Å². The van der Waals surface area contributed by atoms with Crippen LogP contribution in [0, 0.1) is 0 Å². The molecule has 0 bridgehead atoms. The minimum Gasteiger partial charge on any atom is -0.392 e. The van der Waals surface area contributed by atoms with Gasteiger partial charge in [0.05, 0.1) is 12.3 Å². The Morgan fingerprint density at radius 3 is 2.95 bits per heavy atom. The smallest absolute Gasteiger partial charge is 0.137 e. The molecule has 0 aliphatic heterocycles. The van der Waals surface area contributed by atoms with Crippen LogP contribution in [0.5, 0.6) is 0 Å². The second kappa shape index (κ2) is 5.47. The number of fused-ring (bicyclic) bond motifs is 1. The monoisotopic (exact) mass is 270 g/mol. The number of aliphatic hydroxyl groups excluding tert-OH is 1. The lowest BCUT2D eigenvalue weighted by atomic mass is 10.2. The maximum Gasteiger partial charge on any atom is 0.137 e. The number of benzene rings is 1. The van der Waals surface area contributed by atoms with Gasteiger partial charge in [-0.15, -0.1) is 11.8 Å². The molecule has 0 aliphatic rings. The van der Waals surface area contributed by atoms with E-state index in [9.17, 15) is 0 Å². The molecular formula is C15H14N2OS. The minimum atomic E-state index is 0.0861. The van der Waals surface area contributed by atoms with Gasteiger partial charge in [0.2, 0.25) is 0 Å². The Labute approximate surface area is 115 Å². The van der Waals surface area contributed by atoms with Crippen molar-refractivity contribution in [3.05, 3.63) is 66.1 Å². The number of pyridine rings is 1. The Bertz CT molecular complexity index is 660. The zero-order chi connectivity index (χ0) is 13.1. The molecule has 0 fully saturated rings. The molecule has 0 spiro atoms. The average molecular weight is 270 g/mol. The predicted octanol–water partition coefficient (Wildman–Crippen LogP) is 3.12. The molecular weight excluding hydrogens is 256 g/mol. The lowest BCUT2D eigenvalue weighted by Crippen LogP contribution is -1.84. The Morgan fingerprint density at radius 2 is 2.11 bits per heavy atom. The Balaban J connectivity index is 1.74. The Morgan fingerprint density at radius 1 is 1.16 bits per heavy atom. The van der Waals surface area contributed by atoms with Crippen molar-refractivity contribution >= 4 is 17.4 Å². The van der Waals surface area contributed by atoms with E-state index < -0.39 is 0 Å². The van der Waals surface area contributed by atoms with E-state index in [0.717, 1.165) is 27.6 Å². The van der Waals surface area contributed by atoms with Crippen LogP contribution in [0.3, 0.4) is 0 Å². The molecule has 3 aromatic rings. The Hall–Kier alpha value is -1.78. The van der Waals surface area contributed by atoms with E-state index >= 15 is 0 Å². The van der Waals surface area contributed by atoms with Gasteiger partial charge in [0.1, 0.15) is 5.65 Å². The van der Waals surface area contributed by atoms with Crippen LogP contribution >= 0.6 is 11.8 Å². The number of aromatic nitrogens is 2. The lowest BCUT2D eigenvalue weighted by molar-refractivity contribution is 0.281. The predicted molar refractivity (Wildman–Crippen MR) is 77.1 cm³/mol. The SMILES string of the molecule is OCc1cccc(SCc2cn3ccccc3n2)c1. The highest BCUT2D eigenvalue weighted by Gasteiger charge is 2.02. The van der Waals surface area contributed by atoms with Gasteiger partial charge in [-0.1, -0.05) is 18.2 Å². The average Bonchev–Trinajstić information content (AvgIpc) is 2.88. The van der Waals surface area contributed by atoms with Gasteiger partial charge in [-0.25, -0.2) is 4.98 Å². The van der Waals surface area contributed by atoms with Crippen LogP contribution in [-0.2, 0) is 12.4 Å². The van der Waals surface area contributed by atoms with E-state index in [1.807, 2.05) is 47.0 Å². The van der Waals surface area contributed by atoms with Crippen molar-refractivity contribution in [3.8, 4) is 0 Å². The number of hydrogen-bond acceptors (Lipinski definition) is 3. The summed E-state index contributed by atoms with van der Waals surface area (Å²) in [6.45, 7) is 0.0861. The fourth-order valence-corrected chi connectivity index (χ4v) is 2.81.